The second-order valence-corrected chi connectivity index (χ2v) is 6.21. The number of nitrogen functional groups attached to an aromatic ring is 1. The summed E-state index contributed by atoms with van der Waals surface area (Å²) in [5.41, 5.74) is 8.95. The number of fused-ring (bicyclic) bond motifs is 2. The molecule has 3 aromatic carbocycles. The van der Waals surface area contributed by atoms with Crippen LogP contribution >= 0.6 is 23.5 Å². The van der Waals surface area contributed by atoms with Gasteiger partial charge in [-0.3, -0.25) is 0 Å². The van der Waals surface area contributed by atoms with Crippen molar-refractivity contribution in [3.63, 3.8) is 0 Å². The van der Waals surface area contributed by atoms with Crippen LogP contribution < -0.4 is 10.5 Å². The molecule has 5 nitrogen and oxygen atoms in total. The van der Waals surface area contributed by atoms with Crippen LogP contribution in [0.5, 0.6) is 0 Å². The van der Waals surface area contributed by atoms with E-state index < -0.39 is 0 Å². The van der Waals surface area contributed by atoms with Crippen molar-refractivity contribution >= 4 is 56.7 Å². The fraction of sp³-hybridized carbons (Fsp3) is 0. The molecular weight excluding hydrogens is 332 g/mol. The van der Waals surface area contributed by atoms with Gasteiger partial charge in [0.05, 0.1) is 15.6 Å². The molecule has 0 spiro atoms. The molecule has 4 aromatic rings. The SMILES string of the molecule is Nc1cccc2c(NSc3ccc(Cl)c4nonc34)cccc12. The minimum atomic E-state index is 0.517. The number of nitrogens with one attached hydrogen (secondary N) is 1. The van der Waals surface area contributed by atoms with Crippen LogP contribution in [0.3, 0.4) is 0 Å². The summed E-state index contributed by atoms with van der Waals surface area (Å²) >= 11 is 7.50. The van der Waals surface area contributed by atoms with Gasteiger partial charge in [-0.1, -0.05) is 35.9 Å². The second-order valence-electron chi connectivity index (χ2n) is 4.96. The lowest BCUT2D eigenvalue weighted by Gasteiger charge is -2.10. The van der Waals surface area contributed by atoms with Gasteiger partial charge in [-0.15, -0.1) is 0 Å². The lowest BCUT2D eigenvalue weighted by atomic mass is 10.1. The number of hydrogen-bond acceptors (Lipinski definition) is 6. The summed E-state index contributed by atoms with van der Waals surface area (Å²) in [4.78, 5) is 0.881. The zero-order valence-corrected chi connectivity index (χ0v) is 13.4. The van der Waals surface area contributed by atoms with E-state index in [9.17, 15) is 0 Å². The molecule has 4 rings (SSSR count). The maximum Gasteiger partial charge on any atom is 0.155 e. The van der Waals surface area contributed by atoms with E-state index in [1.54, 1.807) is 6.07 Å². The highest BCUT2D eigenvalue weighted by Crippen LogP contribution is 2.34. The highest BCUT2D eigenvalue weighted by molar-refractivity contribution is 8.00. The van der Waals surface area contributed by atoms with Gasteiger partial charge >= 0.3 is 0 Å². The van der Waals surface area contributed by atoms with Crippen LogP contribution in [0.2, 0.25) is 5.02 Å². The molecule has 0 saturated carbocycles. The van der Waals surface area contributed by atoms with Crippen molar-refractivity contribution in [2.75, 3.05) is 10.5 Å². The Bertz CT molecular complexity index is 1020. The molecule has 0 unspecified atom stereocenters. The van der Waals surface area contributed by atoms with E-state index in [1.807, 2.05) is 42.5 Å². The van der Waals surface area contributed by atoms with E-state index in [1.165, 1.54) is 11.9 Å². The molecule has 0 amide bonds. The fourth-order valence-electron chi connectivity index (χ4n) is 2.43. The second kappa shape index (κ2) is 5.64. The molecule has 0 atom stereocenters. The van der Waals surface area contributed by atoms with E-state index in [-0.39, 0.29) is 0 Å². The quantitative estimate of drug-likeness (QED) is 0.414. The zero-order chi connectivity index (χ0) is 15.8. The van der Waals surface area contributed by atoms with Crippen molar-refractivity contribution in [2.24, 2.45) is 0 Å². The van der Waals surface area contributed by atoms with Gasteiger partial charge in [0.25, 0.3) is 0 Å². The van der Waals surface area contributed by atoms with Crippen LogP contribution in [0.1, 0.15) is 0 Å². The van der Waals surface area contributed by atoms with Gasteiger partial charge in [0.2, 0.25) is 0 Å². The number of aromatic nitrogens is 2. The van der Waals surface area contributed by atoms with Crippen molar-refractivity contribution in [3.8, 4) is 0 Å². The van der Waals surface area contributed by atoms with Crippen LogP contribution in [0.15, 0.2) is 58.1 Å². The summed E-state index contributed by atoms with van der Waals surface area (Å²) in [5, 5.41) is 10.3. The van der Waals surface area contributed by atoms with Gasteiger partial charge in [0, 0.05) is 16.5 Å². The van der Waals surface area contributed by atoms with Gasteiger partial charge in [-0.25, -0.2) is 4.63 Å². The molecule has 0 aliphatic rings. The Balaban J connectivity index is 1.70. The largest absolute Gasteiger partial charge is 0.398 e. The van der Waals surface area contributed by atoms with Crippen molar-refractivity contribution < 1.29 is 4.63 Å². The van der Waals surface area contributed by atoms with Gasteiger partial charge in [-0.05, 0) is 46.5 Å². The van der Waals surface area contributed by atoms with Crippen molar-refractivity contribution in [1.82, 2.24) is 10.3 Å². The summed E-state index contributed by atoms with van der Waals surface area (Å²) in [7, 11) is 0. The first-order valence-electron chi connectivity index (χ1n) is 6.85. The number of rotatable bonds is 3. The molecule has 0 bridgehead atoms. The zero-order valence-electron chi connectivity index (χ0n) is 11.8. The molecule has 0 saturated heterocycles. The van der Waals surface area contributed by atoms with Crippen LogP contribution in [-0.2, 0) is 0 Å². The highest BCUT2D eigenvalue weighted by atomic mass is 35.5. The summed E-state index contributed by atoms with van der Waals surface area (Å²) in [5.74, 6) is 0. The third kappa shape index (κ3) is 2.46. The summed E-state index contributed by atoms with van der Waals surface area (Å²) < 4.78 is 8.12. The number of anilines is 2. The maximum atomic E-state index is 6.08. The van der Waals surface area contributed by atoms with Crippen LogP contribution in [0.25, 0.3) is 21.8 Å². The van der Waals surface area contributed by atoms with Crippen molar-refractivity contribution in [3.05, 3.63) is 53.6 Å². The number of hydrogen-bond donors (Lipinski definition) is 2. The van der Waals surface area contributed by atoms with Gasteiger partial charge in [-0.2, -0.15) is 0 Å². The third-order valence-corrected chi connectivity index (χ3v) is 4.73. The first kappa shape index (κ1) is 14.2. The standard InChI is InChI=1S/C16H11ClN4OS/c17-11-7-8-14(16-15(11)19-22-20-16)23-21-13-6-2-3-9-10(13)4-1-5-12(9)18/h1-8,21H,18H2. The molecular formula is C16H11ClN4OS. The van der Waals surface area contributed by atoms with Gasteiger partial charge in [0.15, 0.2) is 11.0 Å². The first-order chi connectivity index (χ1) is 11.2. The maximum absolute atomic E-state index is 6.08. The number of halogens is 1. The van der Waals surface area contributed by atoms with Crippen LogP contribution in [-0.4, -0.2) is 10.3 Å². The van der Waals surface area contributed by atoms with Crippen molar-refractivity contribution in [2.45, 2.75) is 4.90 Å². The number of benzene rings is 3. The molecule has 1 heterocycles. The smallest absolute Gasteiger partial charge is 0.155 e. The molecule has 0 radical (unpaired) electrons. The Morgan fingerprint density at radius 3 is 2.65 bits per heavy atom. The molecule has 1 aromatic heterocycles. The van der Waals surface area contributed by atoms with Gasteiger partial charge < -0.3 is 10.5 Å². The average molecular weight is 343 g/mol. The molecule has 23 heavy (non-hydrogen) atoms. The topological polar surface area (TPSA) is 77.0 Å². The Kier molecular flexibility index (Phi) is 3.48. The van der Waals surface area contributed by atoms with E-state index in [0.29, 0.717) is 16.1 Å². The fourth-order valence-corrected chi connectivity index (χ4v) is 3.38. The minimum absolute atomic E-state index is 0.517. The highest BCUT2D eigenvalue weighted by Gasteiger charge is 2.12. The summed E-state index contributed by atoms with van der Waals surface area (Å²) in [6.45, 7) is 0. The molecule has 0 fully saturated rings. The number of nitrogens with zero attached hydrogens (tertiary/aromatic N) is 2. The van der Waals surface area contributed by atoms with E-state index in [2.05, 4.69) is 15.0 Å². The Hall–Kier alpha value is -2.44. The van der Waals surface area contributed by atoms with Gasteiger partial charge in [0.1, 0.15) is 0 Å². The first-order valence-corrected chi connectivity index (χ1v) is 8.04. The van der Waals surface area contributed by atoms with Crippen LogP contribution in [0, 0.1) is 0 Å². The normalized spacial score (nSPS) is 11.2. The van der Waals surface area contributed by atoms with Crippen molar-refractivity contribution in [1.29, 1.82) is 0 Å². The molecule has 3 N–H and O–H groups in total. The lowest BCUT2D eigenvalue weighted by molar-refractivity contribution is 0.315. The molecule has 7 heteroatoms. The Morgan fingerprint density at radius 1 is 0.957 bits per heavy atom. The van der Waals surface area contributed by atoms with E-state index in [0.717, 1.165) is 27.0 Å². The average Bonchev–Trinajstić information content (AvgIpc) is 3.06. The molecule has 114 valence electrons. The molecule has 0 aliphatic carbocycles. The minimum Gasteiger partial charge on any atom is -0.398 e. The van der Waals surface area contributed by atoms with Crippen LogP contribution in [0.4, 0.5) is 11.4 Å². The monoisotopic (exact) mass is 342 g/mol. The predicted molar refractivity (Wildman–Crippen MR) is 94.7 cm³/mol. The van der Waals surface area contributed by atoms with E-state index in [4.69, 9.17) is 22.0 Å². The Labute approximate surface area is 140 Å². The Morgan fingerprint density at radius 2 is 1.74 bits per heavy atom. The number of nitrogens with two attached hydrogens (primary N) is 1. The molecule has 0 aliphatic heterocycles. The van der Waals surface area contributed by atoms with E-state index >= 15 is 0 Å². The lowest BCUT2D eigenvalue weighted by Crippen LogP contribution is -1.92. The third-order valence-electron chi connectivity index (χ3n) is 3.56. The predicted octanol–water partition coefficient (Wildman–Crippen LogP) is 4.73. The summed E-state index contributed by atoms with van der Waals surface area (Å²) in [6.07, 6.45) is 0. The summed E-state index contributed by atoms with van der Waals surface area (Å²) in [6, 6.07) is 15.5.